The molecule has 0 spiro atoms. The molecule has 0 heterocycles. The first-order valence-electron chi connectivity index (χ1n) is 7.37. The quantitative estimate of drug-likeness (QED) is 0.684. The Bertz CT molecular complexity index is 352. The van der Waals surface area contributed by atoms with Crippen LogP contribution in [0.15, 0.2) is 24.3 Å². The molecule has 1 N–H and O–H groups in total. The Morgan fingerprint density at radius 3 is 2.63 bits per heavy atom. The third kappa shape index (κ3) is 6.58. The summed E-state index contributed by atoms with van der Waals surface area (Å²) in [6, 6.07) is 7.44. The zero-order valence-electron chi connectivity index (χ0n) is 12.5. The largest absolute Gasteiger partial charge is 0.372 e. The van der Waals surface area contributed by atoms with Gasteiger partial charge in [0.05, 0.1) is 0 Å². The lowest BCUT2D eigenvalue weighted by molar-refractivity contribution is 0.547. The molecule has 0 bridgehead atoms. The van der Waals surface area contributed by atoms with Crippen LogP contribution in [0.5, 0.6) is 0 Å². The fourth-order valence-electron chi connectivity index (χ4n) is 2.14. The van der Waals surface area contributed by atoms with Crippen LogP contribution in [0.1, 0.15) is 40.0 Å². The predicted molar refractivity (Wildman–Crippen MR) is 81.3 cm³/mol. The third-order valence-electron chi connectivity index (χ3n) is 3.21. The molecule has 108 valence electrons. The zero-order valence-corrected chi connectivity index (χ0v) is 12.5. The Balaban J connectivity index is 2.26. The van der Waals surface area contributed by atoms with Gasteiger partial charge in [0.25, 0.3) is 0 Å². The summed E-state index contributed by atoms with van der Waals surface area (Å²) < 4.78 is 13.2. The summed E-state index contributed by atoms with van der Waals surface area (Å²) >= 11 is 0. The highest BCUT2D eigenvalue weighted by atomic mass is 19.1. The summed E-state index contributed by atoms with van der Waals surface area (Å²) in [5.74, 6) is -0.155. The van der Waals surface area contributed by atoms with Gasteiger partial charge in [-0.1, -0.05) is 26.3 Å². The van der Waals surface area contributed by atoms with E-state index < -0.39 is 0 Å². The summed E-state index contributed by atoms with van der Waals surface area (Å²) in [4.78, 5) is 2.24. The Hall–Kier alpha value is -1.09. The molecule has 0 aliphatic rings. The Kier molecular flexibility index (Phi) is 7.49. The van der Waals surface area contributed by atoms with E-state index in [9.17, 15) is 4.39 Å². The second-order valence-electron chi connectivity index (χ2n) is 5.23. The molecule has 0 saturated carbocycles. The Morgan fingerprint density at radius 2 is 2.00 bits per heavy atom. The normalized spacial score (nSPS) is 11.0. The van der Waals surface area contributed by atoms with Gasteiger partial charge in [-0.05, 0) is 44.5 Å². The Labute approximate surface area is 117 Å². The molecule has 1 aromatic rings. The van der Waals surface area contributed by atoms with Gasteiger partial charge in [-0.2, -0.15) is 0 Å². The van der Waals surface area contributed by atoms with Crippen LogP contribution in [-0.4, -0.2) is 25.7 Å². The molecule has 1 aromatic carbocycles. The maximum Gasteiger partial charge on any atom is 0.125 e. The molecule has 0 aliphatic heterocycles. The summed E-state index contributed by atoms with van der Waals surface area (Å²) in [7, 11) is 0. The first kappa shape index (κ1) is 16.0. The molecule has 2 nitrogen and oxygen atoms in total. The summed E-state index contributed by atoms with van der Waals surface area (Å²) in [5.41, 5.74) is 0.989. The number of hydrogen-bond donors (Lipinski definition) is 1. The van der Waals surface area contributed by atoms with E-state index >= 15 is 0 Å². The van der Waals surface area contributed by atoms with E-state index in [2.05, 4.69) is 31.0 Å². The van der Waals surface area contributed by atoms with Gasteiger partial charge in [0.15, 0.2) is 0 Å². The van der Waals surface area contributed by atoms with Crippen LogP contribution in [0.3, 0.4) is 0 Å². The molecular weight excluding hydrogens is 239 g/mol. The first-order chi connectivity index (χ1) is 9.13. The average Bonchev–Trinajstić information content (AvgIpc) is 2.37. The highest BCUT2D eigenvalue weighted by molar-refractivity contribution is 5.46. The van der Waals surface area contributed by atoms with E-state index in [0.29, 0.717) is 6.04 Å². The second kappa shape index (κ2) is 8.92. The minimum absolute atomic E-state index is 0.155. The molecule has 3 heteroatoms. The van der Waals surface area contributed by atoms with Crippen LogP contribution in [0.2, 0.25) is 0 Å². The van der Waals surface area contributed by atoms with Crippen molar-refractivity contribution in [3.63, 3.8) is 0 Å². The van der Waals surface area contributed by atoms with Gasteiger partial charge in [-0.15, -0.1) is 0 Å². The SMILES string of the molecule is CCN(CCCCCNC(C)C)c1cccc(F)c1. The van der Waals surface area contributed by atoms with Crippen molar-refractivity contribution < 1.29 is 4.39 Å². The standard InChI is InChI=1S/C16H27FN2/c1-4-19(16-10-8-9-15(17)13-16)12-7-5-6-11-18-14(2)3/h8-10,13-14,18H,4-7,11-12H2,1-3H3. The van der Waals surface area contributed by atoms with Crippen LogP contribution in [-0.2, 0) is 0 Å². The van der Waals surface area contributed by atoms with Crippen molar-refractivity contribution in [3.8, 4) is 0 Å². The number of nitrogens with zero attached hydrogens (tertiary/aromatic N) is 1. The molecule has 0 radical (unpaired) electrons. The van der Waals surface area contributed by atoms with Crippen molar-refractivity contribution in [2.45, 2.75) is 46.1 Å². The van der Waals surface area contributed by atoms with Crippen molar-refractivity contribution in [2.75, 3.05) is 24.5 Å². The van der Waals surface area contributed by atoms with Crippen LogP contribution >= 0.6 is 0 Å². The molecule has 0 unspecified atom stereocenters. The minimum atomic E-state index is -0.155. The van der Waals surface area contributed by atoms with E-state index in [1.807, 2.05) is 6.07 Å². The van der Waals surface area contributed by atoms with E-state index in [0.717, 1.165) is 31.7 Å². The molecule has 0 aromatic heterocycles. The van der Waals surface area contributed by atoms with Crippen LogP contribution < -0.4 is 10.2 Å². The zero-order chi connectivity index (χ0) is 14.1. The molecule has 1 rings (SSSR count). The van der Waals surface area contributed by atoms with E-state index in [-0.39, 0.29) is 5.82 Å². The van der Waals surface area contributed by atoms with Gasteiger partial charge in [-0.3, -0.25) is 0 Å². The molecule has 0 amide bonds. The second-order valence-corrected chi connectivity index (χ2v) is 5.23. The molecule has 19 heavy (non-hydrogen) atoms. The molecular formula is C16H27FN2. The van der Waals surface area contributed by atoms with Crippen LogP contribution in [0.4, 0.5) is 10.1 Å². The molecule has 0 aliphatic carbocycles. The van der Waals surface area contributed by atoms with Gasteiger partial charge >= 0.3 is 0 Å². The van der Waals surface area contributed by atoms with E-state index in [1.165, 1.54) is 18.9 Å². The maximum absolute atomic E-state index is 13.2. The molecule has 0 atom stereocenters. The number of halogens is 1. The van der Waals surface area contributed by atoms with Gasteiger partial charge in [0.1, 0.15) is 5.82 Å². The van der Waals surface area contributed by atoms with Crippen molar-refractivity contribution in [3.05, 3.63) is 30.1 Å². The molecule has 0 saturated heterocycles. The fraction of sp³-hybridized carbons (Fsp3) is 0.625. The van der Waals surface area contributed by atoms with Crippen LogP contribution in [0, 0.1) is 5.82 Å². The smallest absolute Gasteiger partial charge is 0.125 e. The number of anilines is 1. The Morgan fingerprint density at radius 1 is 1.21 bits per heavy atom. The van der Waals surface area contributed by atoms with Crippen molar-refractivity contribution >= 4 is 5.69 Å². The third-order valence-corrected chi connectivity index (χ3v) is 3.21. The number of hydrogen-bond acceptors (Lipinski definition) is 2. The van der Waals surface area contributed by atoms with E-state index in [4.69, 9.17) is 0 Å². The highest BCUT2D eigenvalue weighted by Crippen LogP contribution is 2.16. The van der Waals surface area contributed by atoms with Gasteiger partial charge < -0.3 is 10.2 Å². The lowest BCUT2D eigenvalue weighted by atomic mass is 10.2. The lowest BCUT2D eigenvalue weighted by Crippen LogP contribution is -2.25. The maximum atomic E-state index is 13.2. The average molecular weight is 266 g/mol. The number of rotatable bonds is 9. The summed E-state index contributed by atoms with van der Waals surface area (Å²) in [6.45, 7) is 9.47. The van der Waals surface area contributed by atoms with Crippen LogP contribution in [0.25, 0.3) is 0 Å². The van der Waals surface area contributed by atoms with Gasteiger partial charge in [-0.25, -0.2) is 4.39 Å². The predicted octanol–water partition coefficient (Wildman–Crippen LogP) is 3.82. The fourth-order valence-corrected chi connectivity index (χ4v) is 2.14. The van der Waals surface area contributed by atoms with Crippen molar-refractivity contribution in [2.24, 2.45) is 0 Å². The monoisotopic (exact) mass is 266 g/mol. The van der Waals surface area contributed by atoms with Gasteiger partial charge in [0.2, 0.25) is 0 Å². The van der Waals surface area contributed by atoms with Crippen molar-refractivity contribution in [1.29, 1.82) is 0 Å². The number of unbranched alkanes of at least 4 members (excludes halogenated alkanes) is 2. The first-order valence-corrected chi connectivity index (χ1v) is 7.37. The lowest BCUT2D eigenvalue weighted by Gasteiger charge is -2.23. The summed E-state index contributed by atoms with van der Waals surface area (Å²) in [6.07, 6.45) is 3.58. The number of nitrogens with one attached hydrogen (secondary N) is 1. The topological polar surface area (TPSA) is 15.3 Å². The van der Waals surface area contributed by atoms with Gasteiger partial charge in [0, 0.05) is 24.8 Å². The summed E-state index contributed by atoms with van der Waals surface area (Å²) in [5, 5.41) is 3.42. The number of benzene rings is 1. The minimum Gasteiger partial charge on any atom is -0.372 e. The van der Waals surface area contributed by atoms with E-state index in [1.54, 1.807) is 12.1 Å². The van der Waals surface area contributed by atoms with Crippen molar-refractivity contribution in [1.82, 2.24) is 5.32 Å². The highest BCUT2D eigenvalue weighted by Gasteiger charge is 2.04. The molecule has 0 fully saturated rings.